The number of rotatable bonds is 7. The van der Waals surface area contributed by atoms with E-state index in [9.17, 15) is 13.6 Å². The smallest absolute Gasteiger partial charge is 0.264 e. The van der Waals surface area contributed by atoms with Gasteiger partial charge in [0.2, 0.25) is 5.91 Å². The van der Waals surface area contributed by atoms with Crippen molar-refractivity contribution in [2.24, 2.45) is 7.05 Å². The maximum Gasteiger partial charge on any atom is 0.264 e. The molecule has 1 fully saturated rings. The number of piperidine rings is 1. The molecular weight excluding hydrogens is 488 g/mol. The zero-order valence-corrected chi connectivity index (χ0v) is 22.6. The van der Waals surface area contributed by atoms with Crippen molar-refractivity contribution in [2.75, 3.05) is 44.7 Å². The first-order valence-corrected chi connectivity index (χ1v) is 13.7. The number of hydrogen-bond donors (Lipinski definition) is 3. The van der Waals surface area contributed by atoms with Crippen LogP contribution in [0.1, 0.15) is 50.2 Å². The fourth-order valence-electron chi connectivity index (χ4n) is 6.14. The second-order valence-corrected chi connectivity index (χ2v) is 10.6. The molecule has 1 amide bonds. The highest BCUT2D eigenvalue weighted by Crippen LogP contribution is 2.40. The van der Waals surface area contributed by atoms with Crippen molar-refractivity contribution >= 4 is 11.6 Å². The number of nitrogens with zero attached hydrogens (tertiary/aromatic N) is 4. The van der Waals surface area contributed by atoms with Crippen LogP contribution >= 0.6 is 0 Å². The van der Waals surface area contributed by atoms with E-state index >= 15 is 0 Å². The van der Waals surface area contributed by atoms with Crippen LogP contribution < -0.4 is 20.9 Å². The average Bonchev–Trinajstić information content (AvgIpc) is 3.35. The van der Waals surface area contributed by atoms with Crippen LogP contribution in [0.15, 0.2) is 35.8 Å². The highest BCUT2D eigenvalue weighted by Gasteiger charge is 2.33. The SMILES string of the molecule is CNC(C1=C(NC2CCNCC2)CCN(C(C)=O)C1)N1CCCc2cc(-c3cnn(C)c3)c(C(F)F)cc21. The lowest BCUT2D eigenvalue weighted by atomic mass is 9.91. The van der Waals surface area contributed by atoms with Gasteiger partial charge >= 0.3 is 0 Å². The Morgan fingerprint density at radius 2 is 1.97 bits per heavy atom. The Labute approximate surface area is 223 Å². The largest absolute Gasteiger partial charge is 0.385 e. The third-order valence-electron chi connectivity index (χ3n) is 8.11. The van der Waals surface area contributed by atoms with E-state index in [0.717, 1.165) is 68.6 Å². The Bertz CT molecular complexity index is 1190. The van der Waals surface area contributed by atoms with Gasteiger partial charge < -0.3 is 20.4 Å². The lowest BCUT2D eigenvalue weighted by Crippen LogP contribution is -2.53. The molecular formula is C28H39F2N7O. The molecule has 206 valence electrons. The second-order valence-electron chi connectivity index (χ2n) is 10.6. The molecule has 0 radical (unpaired) electrons. The highest BCUT2D eigenvalue weighted by atomic mass is 19.3. The van der Waals surface area contributed by atoms with Crippen LogP contribution in [0.25, 0.3) is 11.1 Å². The molecule has 2 aromatic rings. The van der Waals surface area contributed by atoms with E-state index in [-0.39, 0.29) is 17.6 Å². The number of alkyl halides is 2. The van der Waals surface area contributed by atoms with Crippen LogP contribution in [-0.2, 0) is 18.3 Å². The molecule has 0 saturated carbocycles. The van der Waals surface area contributed by atoms with Crippen molar-refractivity contribution in [2.45, 2.75) is 57.7 Å². The third-order valence-corrected chi connectivity index (χ3v) is 8.11. The number of benzene rings is 1. The number of fused-ring (bicyclic) bond motifs is 1. The van der Waals surface area contributed by atoms with Crippen LogP contribution in [0.5, 0.6) is 0 Å². The first kappa shape index (κ1) is 26.6. The third kappa shape index (κ3) is 5.42. The fourth-order valence-corrected chi connectivity index (χ4v) is 6.14. The number of carbonyl (C=O) groups excluding carboxylic acids is 1. The Kier molecular flexibility index (Phi) is 7.99. The summed E-state index contributed by atoms with van der Waals surface area (Å²) in [6.45, 7) is 5.55. The zero-order valence-electron chi connectivity index (χ0n) is 22.6. The number of anilines is 1. The molecule has 38 heavy (non-hydrogen) atoms. The van der Waals surface area contributed by atoms with Crippen molar-refractivity contribution in [1.29, 1.82) is 0 Å². The van der Waals surface area contributed by atoms with Crippen LogP contribution in [0.2, 0.25) is 0 Å². The van der Waals surface area contributed by atoms with Gasteiger partial charge in [0.05, 0.1) is 6.20 Å². The van der Waals surface area contributed by atoms with Crippen molar-refractivity contribution in [3.05, 3.63) is 46.9 Å². The molecule has 4 heterocycles. The van der Waals surface area contributed by atoms with Gasteiger partial charge in [-0.1, -0.05) is 0 Å². The Morgan fingerprint density at radius 3 is 2.63 bits per heavy atom. The minimum atomic E-state index is -2.61. The second kappa shape index (κ2) is 11.4. The average molecular weight is 528 g/mol. The Hall–Kier alpha value is -2.98. The number of halogens is 2. The number of likely N-dealkylation sites (N-methyl/N-ethyl adjacent to an activating group) is 1. The molecule has 3 aliphatic heterocycles. The maximum atomic E-state index is 14.4. The maximum absolute atomic E-state index is 14.4. The normalized spacial score (nSPS) is 19.6. The van der Waals surface area contributed by atoms with Crippen LogP contribution in [0, 0.1) is 0 Å². The summed E-state index contributed by atoms with van der Waals surface area (Å²) in [5.41, 5.74) is 5.47. The van der Waals surface area contributed by atoms with E-state index in [1.807, 2.05) is 18.0 Å². The van der Waals surface area contributed by atoms with Crippen LogP contribution in [0.3, 0.4) is 0 Å². The molecule has 1 saturated heterocycles. The van der Waals surface area contributed by atoms with Gasteiger partial charge in [0.25, 0.3) is 6.43 Å². The summed E-state index contributed by atoms with van der Waals surface area (Å²) in [4.78, 5) is 16.5. The van der Waals surface area contributed by atoms with Crippen LogP contribution in [-0.4, -0.2) is 72.6 Å². The summed E-state index contributed by atoms with van der Waals surface area (Å²) in [5.74, 6) is 0.0541. The van der Waals surface area contributed by atoms with Crippen molar-refractivity contribution in [1.82, 2.24) is 30.6 Å². The number of nitrogens with one attached hydrogen (secondary N) is 3. The molecule has 5 rings (SSSR count). The van der Waals surface area contributed by atoms with Crippen molar-refractivity contribution < 1.29 is 13.6 Å². The monoisotopic (exact) mass is 527 g/mol. The quantitative estimate of drug-likeness (QED) is 0.514. The van der Waals surface area contributed by atoms with E-state index in [4.69, 9.17) is 0 Å². The minimum absolute atomic E-state index is 0.0227. The molecule has 0 bridgehead atoms. The topological polar surface area (TPSA) is 77.5 Å². The summed E-state index contributed by atoms with van der Waals surface area (Å²) in [7, 11) is 3.71. The summed E-state index contributed by atoms with van der Waals surface area (Å²) >= 11 is 0. The van der Waals surface area contributed by atoms with Crippen molar-refractivity contribution in [3.63, 3.8) is 0 Å². The van der Waals surface area contributed by atoms with E-state index in [2.05, 4.69) is 25.9 Å². The van der Waals surface area contributed by atoms with Gasteiger partial charge in [-0.15, -0.1) is 0 Å². The van der Waals surface area contributed by atoms with Gasteiger partial charge in [-0.25, -0.2) is 8.78 Å². The molecule has 0 spiro atoms. The summed E-state index contributed by atoms with van der Waals surface area (Å²) in [6, 6.07) is 4.00. The van der Waals surface area contributed by atoms with Gasteiger partial charge in [-0.05, 0) is 69.1 Å². The van der Waals surface area contributed by atoms with E-state index in [1.54, 1.807) is 37.1 Å². The minimum Gasteiger partial charge on any atom is -0.385 e. The standard InChI is InChI=1S/C28H39F2N7O/c1-18(38)36-12-8-25(34-21-6-9-32-10-7-21)24(17-36)28(31-2)37-11-4-5-19-13-22(20-15-33-35(3)16-20)23(27(29)30)14-26(19)37/h13-16,21,27-28,31-32,34H,4-12,17H2,1-3H3. The zero-order chi connectivity index (χ0) is 26.8. The summed E-state index contributed by atoms with van der Waals surface area (Å²) in [6.07, 6.45) is 5.24. The number of amides is 1. The first-order valence-electron chi connectivity index (χ1n) is 13.7. The molecule has 1 aromatic carbocycles. The highest BCUT2D eigenvalue weighted by molar-refractivity contribution is 5.75. The predicted molar refractivity (Wildman–Crippen MR) is 145 cm³/mol. The lowest BCUT2D eigenvalue weighted by Gasteiger charge is -2.43. The van der Waals surface area contributed by atoms with E-state index in [0.29, 0.717) is 30.3 Å². The molecule has 0 aliphatic carbocycles. The summed E-state index contributed by atoms with van der Waals surface area (Å²) < 4.78 is 30.4. The Morgan fingerprint density at radius 1 is 1.18 bits per heavy atom. The molecule has 1 atom stereocenters. The molecule has 8 nitrogen and oxygen atoms in total. The molecule has 1 aromatic heterocycles. The molecule has 3 N–H and O–H groups in total. The number of hydrogen-bond acceptors (Lipinski definition) is 6. The predicted octanol–water partition coefficient (Wildman–Crippen LogP) is 3.17. The lowest BCUT2D eigenvalue weighted by molar-refractivity contribution is -0.128. The number of aromatic nitrogens is 2. The number of aryl methyl sites for hydroxylation is 2. The Balaban J connectivity index is 1.54. The van der Waals surface area contributed by atoms with Gasteiger partial charge in [0, 0.05) is 80.3 Å². The van der Waals surface area contributed by atoms with Crippen molar-refractivity contribution in [3.8, 4) is 11.1 Å². The first-order chi connectivity index (χ1) is 18.4. The van der Waals surface area contributed by atoms with Gasteiger partial charge in [-0.3, -0.25) is 14.8 Å². The summed E-state index contributed by atoms with van der Waals surface area (Å²) in [5, 5.41) is 14.9. The molecule has 1 unspecified atom stereocenters. The number of carbonyl (C=O) groups is 1. The fraction of sp³-hybridized carbons (Fsp3) is 0.571. The van der Waals surface area contributed by atoms with Gasteiger partial charge in [0.15, 0.2) is 0 Å². The van der Waals surface area contributed by atoms with Gasteiger partial charge in [-0.2, -0.15) is 5.10 Å². The van der Waals surface area contributed by atoms with E-state index < -0.39 is 6.43 Å². The van der Waals surface area contributed by atoms with Crippen LogP contribution in [0.4, 0.5) is 14.5 Å². The molecule has 3 aliphatic rings. The van der Waals surface area contributed by atoms with Gasteiger partial charge in [0.1, 0.15) is 6.17 Å². The molecule has 10 heteroatoms. The van der Waals surface area contributed by atoms with E-state index in [1.165, 1.54) is 5.70 Å².